The highest BCUT2D eigenvalue weighted by Crippen LogP contribution is 2.19. The van der Waals surface area contributed by atoms with E-state index in [1.165, 1.54) is 12.1 Å². The summed E-state index contributed by atoms with van der Waals surface area (Å²) in [5, 5.41) is 15.6. The summed E-state index contributed by atoms with van der Waals surface area (Å²) in [6.45, 7) is 2.23. The number of hydrogen-bond donors (Lipinski definition) is 3. The first-order chi connectivity index (χ1) is 12.9. The number of halogens is 3. The van der Waals surface area contributed by atoms with E-state index < -0.39 is 12.8 Å². The predicted molar refractivity (Wildman–Crippen MR) is 97.8 cm³/mol. The third-order valence-corrected chi connectivity index (χ3v) is 3.49. The summed E-state index contributed by atoms with van der Waals surface area (Å²) in [5.74, 6) is 0.988. The van der Waals surface area contributed by atoms with Gasteiger partial charge >= 0.3 is 6.18 Å². The summed E-state index contributed by atoms with van der Waals surface area (Å²) >= 11 is 0. The van der Waals surface area contributed by atoms with Crippen molar-refractivity contribution in [1.82, 2.24) is 10.6 Å². The second-order valence-corrected chi connectivity index (χ2v) is 5.76. The van der Waals surface area contributed by atoms with Crippen molar-refractivity contribution in [2.24, 2.45) is 4.99 Å². The van der Waals surface area contributed by atoms with Crippen LogP contribution in [0.15, 0.2) is 53.5 Å². The number of hydrogen-bond acceptors (Lipinski definition) is 3. The minimum atomic E-state index is -4.35. The lowest BCUT2D eigenvalue weighted by Crippen LogP contribution is -2.36. The number of aliphatic imine (C=N–C) groups is 1. The van der Waals surface area contributed by atoms with Crippen molar-refractivity contribution in [2.45, 2.75) is 26.2 Å². The lowest BCUT2D eigenvalue weighted by molar-refractivity contribution is -0.153. The SMILES string of the molecule is CCNC(=NCc1ccc(OCC(F)(F)F)cc1)NCc1ccc(O)cc1. The van der Waals surface area contributed by atoms with E-state index in [9.17, 15) is 18.3 Å². The number of phenols is 1. The van der Waals surface area contributed by atoms with Crippen LogP contribution in [0.5, 0.6) is 11.5 Å². The summed E-state index contributed by atoms with van der Waals surface area (Å²) in [5.41, 5.74) is 1.83. The molecule has 0 aliphatic carbocycles. The van der Waals surface area contributed by atoms with Gasteiger partial charge in [-0.3, -0.25) is 0 Å². The number of phenolic OH excluding ortho intramolecular Hbond substituents is 1. The van der Waals surface area contributed by atoms with Crippen molar-refractivity contribution in [2.75, 3.05) is 13.2 Å². The Morgan fingerprint density at radius 3 is 2.22 bits per heavy atom. The summed E-state index contributed by atoms with van der Waals surface area (Å²) in [6, 6.07) is 13.2. The van der Waals surface area contributed by atoms with E-state index in [1.54, 1.807) is 24.3 Å². The molecule has 0 atom stereocenters. The molecule has 0 fully saturated rings. The molecule has 27 heavy (non-hydrogen) atoms. The topological polar surface area (TPSA) is 65.9 Å². The fraction of sp³-hybridized carbons (Fsp3) is 0.316. The lowest BCUT2D eigenvalue weighted by atomic mass is 10.2. The van der Waals surface area contributed by atoms with E-state index in [0.717, 1.165) is 11.1 Å². The van der Waals surface area contributed by atoms with Gasteiger partial charge < -0.3 is 20.5 Å². The first kappa shape index (κ1) is 20.4. The maximum absolute atomic E-state index is 12.1. The van der Waals surface area contributed by atoms with Gasteiger partial charge in [0, 0.05) is 13.1 Å². The highest BCUT2D eigenvalue weighted by molar-refractivity contribution is 5.79. The molecule has 0 saturated heterocycles. The number of alkyl halides is 3. The van der Waals surface area contributed by atoms with Gasteiger partial charge in [-0.05, 0) is 42.3 Å². The van der Waals surface area contributed by atoms with Crippen LogP contribution >= 0.6 is 0 Å². The number of guanidine groups is 1. The molecule has 8 heteroatoms. The zero-order valence-corrected chi connectivity index (χ0v) is 14.9. The Labute approximate surface area is 155 Å². The standard InChI is InChI=1S/C19H22F3N3O2/c1-2-23-18(24-11-14-3-7-16(26)8-4-14)25-12-15-5-9-17(10-6-15)27-13-19(20,21)22/h3-10,26H,2,11-13H2,1H3,(H2,23,24,25). The van der Waals surface area contributed by atoms with Crippen molar-refractivity contribution in [3.63, 3.8) is 0 Å². The van der Waals surface area contributed by atoms with Gasteiger partial charge in [-0.2, -0.15) is 13.2 Å². The molecule has 0 radical (unpaired) electrons. The zero-order valence-electron chi connectivity index (χ0n) is 14.9. The molecule has 0 spiro atoms. The van der Waals surface area contributed by atoms with Crippen molar-refractivity contribution in [1.29, 1.82) is 0 Å². The number of nitrogens with zero attached hydrogens (tertiary/aromatic N) is 1. The van der Waals surface area contributed by atoms with E-state index in [1.807, 2.05) is 19.1 Å². The van der Waals surface area contributed by atoms with Gasteiger partial charge in [0.2, 0.25) is 0 Å². The molecule has 0 saturated carbocycles. The fourth-order valence-corrected chi connectivity index (χ4v) is 2.17. The average Bonchev–Trinajstić information content (AvgIpc) is 2.64. The molecule has 3 N–H and O–H groups in total. The zero-order chi connectivity index (χ0) is 19.7. The Morgan fingerprint density at radius 1 is 1.00 bits per heavy atom. The van der Waals surface area contributed by atoms with Crippen LogP contribution in [-0.2, 0) is 13.1 Å². The maximum Gasteiger partial charge on any atom is 0.422 e. The number of ether oxygens (including phenoxy) is 1. The third kappa shape index (κ3) is 7.89. The number of rotatable bonds is 7. The van der Waals surface area contributed by atoms with Crippen molar-refractivity contribution in [3.05, 3.63) is 59.7 Å². The Morgan fingerprint density at radius 2 is 1.63 bits per heavy atom. The maximum atomic E-state index is 12.1. The molecule has 2 aromatic rings. The quantitative estimate of drug-likeness (QED) is 0.507. The number of benzene rings is 2. The Hall–Kier alpha value is -2.90. The molecule has 0 amide bonds. The van der Waals surface area contributed by atoms with Crippen LogP contribution in [0.1, 0.15) is 18.1 Å². The number of aromatic hydroxyl groups is 1. The number of nitrogens with one attached hydrogen (secondary N) is 2. The molecule has 0 aliphatic heterocycles. The van der Waals surface area contributed by atoms with Crippen LogP contribution in [0.25, 0.3) is 0 Å². The first-order valence-electron chi connectivity index (χ1n) is 8.44. The minimum absolute atomic E-state index is 0.164. The lowest BCUT2D eigenvalue weighted by Gasteiger charge is -2.12. The van der Waals surface area contributed by atoms with E-state index in [4.69, 9.17) is 0 Å². The fourth-order valence-electron chi connectivity index (χ4n) is 2.17. The average molecular weight is 381 g/mol. The van der Waals surface area contributed by atoms with E-state index in [-0.39, 0.29) is 11.5 Å². The van der Waals surface area contributed by atoms with Gasteiger partial charge in [0.05, 0.1) is 6.54 Å². The van der Waals surface area contributed by atoms with E-state index in [0.29, 0.717) is 25.6 Å². The van der Waals surface area contributed by atoms with Gasteiger partial charge in [0.1, 0.15) is 11.5 Å². The Kier molecular flexibility index (Phi) is 7.34. The second kappa shape index (κ2) is 9.70. The highest BCUT2D eigenvalue weighted by atomic mass is 19.4. The van der Waals surface area contributed by atoms with Crippen LogP contribution < -0.4 is 15.4 Å². The Bertz CT molecular complexity index is 729. The van der Waals surface area contributed by atoms with Crippen molar-refractivity contribution < 1.29 is 23.0 Å². The van der Waals surface area contributed by atoms with Gasteiger partial charge in [0.15, 0.2) is 12.6 Å². The van der Waals surface area contributed by atoms with Crippen LogP contribution in [0.3, 0.4) is 0 Å². The molecule has 146 valence electrons. The second-order valence-electron chi connectivity index (χ2n) is 5.76. The van der Waals surface area contributed by atoms with Gasteiger partial charge in [-0.1, -0.05) is 24.3 Å². The first-order valence-corrected chi connectivity index (χ1v) is 8.44. The molecular weight excluding hydrogens is 359 g/mol. The summed E-state index contributed by atoms with van der Waals surface area (Å²) in [4.78, 5) is 4.46. The normalized spacial score (nSPS) is 11.9. The van der Waals surface area contributed by atoms with Gasteiger partial charge in [-0.15, -0.1) is 0 Å². The highest BCUT2D eigenvalue weighted by Gasteiger charge is 2.28. The van der Waals surface area contributed by atoms with Gasteiger partial charge in [-0.25, -0.2) is 4.99 Å². The molecule has 0 aliphatic rings. The molecule has 0 unspecified atom stereocenters. The molecule has 0 aromatic heterocycles. The smallest absolute Gasteiger partial charge is 0.422 e. The summed E-state index contributed by atoms with van der Waals surface area (Å²) in [6.07, 6.45) is -4.35. The third-order valence-electron chi connectivity index (χ3n) is 3.49. The van der Waals surface area contributed by atoms with Crippen molar-refractivity contribution in [3.8, 4) is 11.5 Å². The monoisotopic (exact) mass is 381 g/mol. The molecule has 5 nitrogen and oxygen atoms in total. The largest absolute Gasteiger partial charge is 0.508 e. The molecule has 0 heterocycles. The van der Waals surface area contributed by atoms with Crippen LogP contribution in [0.4, 0.5) is 13.2 Å². The molecule has 2 rings (SSSR count). The summed E-state index contributed by atoms with van der Waals surface area (Å²) < 4.78 is 41.1. The molecule has 0 bridgehead atoms. The predicted octanol–water partition coefficient (Wildman–Crippen LogP) is 3.59. The van der Waals surface area contributed by atoms with Crippen LogP contribution in [0, 0.1) is 0 Å². The minimum Gasteiger partial charge on any atom is -0.508 e. The van der Waals surface area contributed by atoms with E-state index >= 15 is 0 Å². The van der Waals surface area contributed by atoms with E-state index in [2.05, 4.69) is 20.4 Å². The van der Waals surface area contributed by atoms with Crippen LogP contribution in [-0.4, -0.2) is 30.4 Å². The van der Waals surface area contributed by atoms with Crippen LogP contribution in [0.2, 0.25) is 0 Å². The summed E-state index contributed by atoms with van der Waals surface area (Å²) in [7, 11) is 0. The van der Waals surface area contributed by atoms with Gasteiger partial charge in [0.25, 0.3) is 0 Å². The van der Waals surface area contributed by atoms with Crippen molar-refractivity contribution >= 4 is 5.96 Å². The molecular formula is C19H22F3N3O2. The Balaban J connectivity index is 1.90. The molecule has 2 aromatic carbocycles.